The van der Waals surface area contributed by atoms with Crippen molar-refractivity contribution in [2.75, 3.05) is 6.54 Å². The van der Waals surface area contributed by atoms with Gasteiger partial charge < -0.3 is 5.32 Å². The van der Waals surface area contributed by atoms with Gasteiger partial charge in [0.25, 0.3) is 0 Å². The van der Waals surface area contributed by atoms with Crippen LogP contribution in [0.4, 0.5) is 0 Å². The van der Waals surface area contributed by atoms with Crippen LogP contribution in [0.5, 0.6) is 0 Å². The van der Waals surface area contributed by atoms with E-state index in [2.05, 4.69) is 46.5 Å². The van der Waals surface area contributed by atoms with Crippen molar-refractivity contribution < 1.29 is 0 Å². The van der Waals surface area contributed by atoms with Crippen molar-refractivity contribution in [1.82, 2.24) is 5.32 Å². The van der Waals surface area contributed by atoms with E-state index in [-0.39, 0.29) is 0 Å². The molecule has 0 bridgehead atoms. The summed E-state index contributed by atoms with van der Waals surface area (Å²) in [5.74, 6) is 0. The molecule has 0 aliphatic carbocycles. The van der Waals surface area contributed by atoms with E-state index < -0.39 is 0 Å². The lowest BCUT2D eigenvalue weighted by molar-refractivity contribution is 0.306. The van der Waals surface area contributed by atoms with Gasteiger partial charge in [0.05, 0.1) is 0 Å². The van der Waals surface area contributed by atoms with Gasteiger partial charge in [-0.1, -0.05) is 46.8 Å². The molecule has 0 aliphatic heterocycles. The van der Waals surface area contributed by atoms with Crippen LogP contribution in [0.1, 0.15) is 60.3 Å². The molecule has 0 rings (SSSR count). The Labute approximate surface area is 96.3 Å². The van der Waals surface area contributed by atoms with Gasteiger partial charge in [0.15, 0.2) is 0 Å². The SMILES string of the molecule is C=C(CC)CC(CC(C)(C)C)NCCC. The van der Waals surface area contributed by atoms with Crippen molar-refractivity contribution in [1.29, 1.82) is 0 Å². The molecule has 0 saturated carbocycles. The third-order valence-electron chi connectivity index (χ3n) is 2.58. The second-order valence-electron chi connectivity index (χ2n) is 5.72. The summed E-state index contributed by atoms with van der Waals surface area (Å²) >= 11 is 0. The van der Waals surface area contributed by atoms with Crippen LogP contribution in [0.2, 0.25) is 0 Å². The lowest BCUT2D eigenvalue weighted by Gasteiger charge is -2.27. The van der Waals surface area contributed by atoms with Crippen LogP contribution in [0.25, 0.3) is 0 Å². The highest BCUT2D eigenvalue weighted by atomic mass is 14.9. The van der Waals surface area contributed by atoms with E-state index in [1.54, 1.807) is 0 Å². The van der Waals surface area contributed by atoms with E-state index in [1.807, 2.05) is 0 Å². The molecule has 0 heterocycles. The van der Waals surface area contributed by atoms with Gasteiger partial charge in [0, 0.05) is 6.04 Å². The summed E-state index contributed by atoms with van der Waals surface area (Å²) in [5, 5.41) is 3.63. The Kier molecular flexibility index (Phi) is 6.91. The number of hydrogen-bond acceptors (Lipinski definition) is 1. The summed E-state index contributed by atoms with van der Waals surface area (Å²) in [4.78, 5) is 0. The molecule has 1 nitrogen and oxygen atoms in total. The molecule has 15 heavy (non-hydrogen) atoms. The first kappa shape index (κ1) is 14.7. The zero-order valence-corrected chi connectivity index (χ0v) is 11.3. The summed E-state index contributed by atoms with van der Waals surface area (Å²) < 4.78 is 0. The number of nitrogens with one attached hydrogen (secondary N) is 1. The van der Waals surface area contributed by atoms with Crippen LogP contribution in [-0.2, 0) is 0 Å². The van der Waals surface area contributed by atoms with E-state index >= 15 is 0 Å². The second kappa shape index (κ2) is 7.05. The third kappa shape index (κ3) is 8.68. The van der Waals surface area contributed by atoms with Crippen LogP contribution in [-0.4, -0.2) is 12.6 Å². The molecular formula is C14H29N. The normalized spacial score (nSPS) is 13.9. The molecule has 90 valence electrons. The number of rotatable bonds is 7. The summed E-state index contributed by atoms with van der Waals surface area (Å²) in [6, 6.07) is 0.609. The smallest absolute Gasteiger partial charge is 0.0109 e. The Bertz CT molecular complexity index is 176. The van der Waals surface area contributed by atoms with Gasteiger partial charge in [-0.2, -0.15) is 0 Å². The van der Waals surface area contributed by atoms with Crippen molar-refractivity contribution in [3.05, 3.63) is 12.2 Å². The van der Waals surface area contributed by atoms with Gasteiger partial charge in [-0.15, -0.1) is 0 Å². The molecule has 0 aliphatic rings. The topological polar surface area (TPSA) is 12.0 Å². The van der Waals surface area contributed by atoms with E-state index in [0.717, 1.165) is 19.4 Å². The monoisotopic (exact) mass is 211 g/mol. The van der Waals surface area contributed by atoms with Gasteiger partial charge in [-0.05, 0) is 37.6 Å². The average molecular weight is 211 g/mol. The van der Waals surface area contributed by atoms with E-state index in [0.29, 0.717) is 11.5 Å². The van der Waals surface area contributed by atoms with Gasteiger partial charge in [-0.25, -0.2) is 0 Å². The van der Waals surface area contributed by atoms with E-state index in [4.69, 9.17) is 0 Å². The fraction of sp³-hybridized carbons (Fsp3) is 0.857. The van der Waals surface area contributed by atoms with Crippen LogP contribution in [0.3, 0.4) is 0 Å². The lowest BCUT2D eigenvalue weighted by atomic mass is 9.85. The predicted molar refractivity (Wildman–Crippen MR) is 70.2 cm³/mol. The standard InChI is InChI=1S/C14H29N/c1-7-9-15-13(10-12(3)8-2)11-14(4,5)6/h13,15H,3,7-11H2,1-2,4-6H3. The first-order valence-corrected chi connectivity index (χ1v) is 6.29. The minimum Gasteiger partial charge on any atom is -0.314 e. The molecule has 1 atom stereocenters. The molecule has 1 unspecified atom stereocenters. The number of hydrogen-bond donors (Lipinski definition) is 1. The molecule has 0 aromatic carbocycles. The Morgan fingerprint density at radius 3 is 2.27 bits per heavy atom. The minimum atomic E-state index is 0.402. The largest absolute Gasteiger partial charge is 0.314 e. The predicted octanol–water partition coefficient (Wildman–Crippen LogP) is 4.15. The Balaban J connectivity index is 4.12. The first-order valence-electron chi connectivity index (χ1n) is 6.29. The van der Waals surface area contributed by atoms with Crippen LogP contribution in [0, 0.1) is 5.41 Å². The highest BCUT2D eigenvalue weighted by Gasteiger charge is 2.18. The zero-order valence-electron chi connectivity index (χ0n) is 11.3. The molecule has 0 aromatic heterocycles. The maximum absolute atomic E-state index is 4.11. The zero-order chi connectivity index (χ0) is 11.9. The Morgan fingerprint density at radius 2 is 1.87 bits per heavy atom. The van der Waals surface area contributed by atoms with Gasteiger partial charge >= 0.3 is 0 Å². The molecule has 1 heteroatoms. The van der Waals surface area contributed by atoms with Gasteiger partial charge in [0.1, 0.15) is 0 Å². The van der Waals surface area contributed by atoms with E-state index in [1.165, 1.54) is 18.4 Å². The lowest BCUT2D eigenvalue weighted by Crippen LogP contribution is -2.33. The van der Waals surface area contributed by atoms with Crippen molar-refractivity contribution in [2.45, 2.75) is 66.3 Å². The Morgan fingerprint density at radius 1 is 1.27 bits per heavy atom. The fourth-order valence-corrected chi connectivity index (χ4v) is 1.80. The maximum Gasteiger partial charge on any atom is 0.0109 e. The van der Waals surface area contributed by atoms with Crippen molar-refractivity contribution in [3.63, 3.8) is 0 Å². The van der Waals surface area contributed by atoms with Crippen LogP contribution < -0.4 is 5.32 Å². The van der Waals surface area contributed by atoms with Gasteiger partial charge in [0.2, 0.25) is 0 Å². The summed E-state index contributed by atoms with van der Waals surface area (Å²) in [5.41, 5.74) is 1.77. The Hall–Kier alpha value is -0.300. The average Bonchev–Trinajstić information content (AvgIpc) is 2.11. The van der Waals surface area contributed by atoms with Gasteiger partial charge in [-0.3, -0.25) is 0 Å². The molecule has 1 N–H and O–H groups in total. The molecule has 0 saturated heterocycles. The van der Waals surface area contributed by atoms with Crippen molar-refractivity contribution >= 4 is 0 Å². The quantitative estimate of drug-likeness (QED) is 0.624. The fourth-order valence-electron chi connectivity index (χ4n) is 1.80. The molecule has 0 amide bonds. The molecule has 0 fully saturated rings. The first-order chi connectivity index (χ1) is 6.89. The highest BCUT2D eigenvalue weighted by molar-refractivity contribution is 4.97. The second-order valence-corrected chi connectivity index (χ2v) is 5.72. The minimum absolute atomic E-state index is 0.402. The summed E-state index contributed by atoms with van der Waals surface area (Å²) in [6.45, 7) is 16.6. The maximum atomic E-state index is 4.11. The van der Waals surface area contributed by atoms with Crippen molar-refractivity contribution in [2.24, 2.45) is 5.41 Å². The van der Waals surface area contributed by atoms with E-state index in [9.17, 15) is 0 Å². The van der Waals surface area contributed by atoms with Crippen LogP contribution in [0.15, 0.2) is 12.2 Å². The molecular weight excluding hydrogens is 182 g/mol. The summed E-state index contributed by atoms with van der Waals surface area (Å²) in [6.07, 6.45) is 4.67. The third-order valence-corrected chi connectivity index (χ3v) is 2.58. The highest BCUT2D eigenvalue weighted by Crippen LogP contribution is 2.24. The summed E-state index contributed by atoms with van der Waals surface area (Å²) in [7, 11) is 0. The van der Waals surface area contributed by atoms with Crippen LogP contribution >= 0.6 is 0 Å². The molecule has 0 radical (unpaired) electrons. The van der Waals surface area contributed by atoms with Crippen molar-refractivity contribution in [3.8, 4) is 0 Å². The molecule has 0 spiro atoms. The molecule has 0 aromatic rings.